The summed E-state index contributed by atoms with van der Waals surface area (Å²) in [5.41, 5.74) is 4.37. The Balaban J connectivity index is 1.35. The Labute approximate surface area is 201 Å². The predicted molar refractivity (Wildman–Crippen MR) is 136 cm³/mol. The van der Waals surface area contributed by atoms with E-state index in [0.29, 0.717) is 30.4 Å². The number of rotatable bonds is 8. The van der Waals surface area contributed by atoms with Crippen molar-refractivity contribution in [2.75, 3.05) is 18.5 Å². The Morgan fingerprint density at radius 3 is 2.59 bits per heavy atom. The van der Waals surface area contributed by atoms with Gasteiger partial charge in [0, 0.05) is 18.2 Å². The van der Waals surface area contributed by atoms with Crippen LogP contribution in [-0.4, -0.2) is 21.6 Å². The predicted octanol–water partition coefficient (Wildman–Crippen LogP) is 5.43. The summed E-state index contributed by atoms with van der Waals surface area (Å²) in [6, 6.07) is 23.8. The first kappa shape index (κ1) is 22.7. The topological polar surface area (TPSA) is 67.4 Å². The molecule has 6 heteroatoms. The normalized spacial score (nSPS) is 20.9. The van der Waals surface area contributed by atoms with E-state index in [-0.39, 0.29) is 12.0 Å². The van der Waals surface area contributed by atoms with E-state index in [2.05, 4.69) is 34.3 Å². The van der Waals surface area contributed by atoms with Crippen LogP contribution in [0.25, 0.3) is 0 Å². The molecule has 1 aliphatic carbocycles. The molecule has 0 bridgehead atoms. The number of anilines is 1. The van der Waals surface area contributed by atoms with Crippen molar-refractivity contribution >= 4 is 15.7 Å². The third-order valence-electron chi connectivity index (χ3n) is 6.74. The van der Waals surface area contributed by atoms with Crippen molar-refractivity contribution in [2.24, 2.45) is 5.92 Å². The van der Waals surface area contributed by atoms with Gasteiger partial charge in [0.1, 0.15) is 5.75 Å². The third-order valence-corrected chi connectivity index (χ3v) is 8.20. The zero-order chi connectivity index (χ0) is 23.5. The molecule has 0 fully saturated rings. The summed E-state index contributed by atoms with van der Waals surface area (Å²) in [6.45, 7) is 3.00. The Morgan fingerprint density at radius 2 is 1.82 bits per heavy atom. The lowest BCUT2D eigenvalue weighted by Gasteiger charge is -2.37. The summed E-state index contributed by atoms with van der Waals surface area (Å²) < 4.78 is 34.4. The second-order valence-corrected chi connectivity index (χ2v) is 10.6. The van der Waals surface area contributed by atoms with Gasteiger partial charge in [0.05, 0.1) is 17.5 Å². The number of hydrogen-bond acceptors (Lipinski definition) is 4. The average Bonchev–Trinajstić information content (AvgIpc) is 3.35. The van der Waals surface area contributed by atoms with Gasteiger partial charge in [0.25, 0.3) is 0 Å². The van der Waals surface area contributed by atoms with Crippen LogP contribution in [0.4, 0.5) is 5.69 Å². The molecule has 3 unspecified atom stereocenters. The maximum Gasteiger partial charge on any atom is 0.240 e. The highest BCUT2D eigenvalue weighted by Gasteiger charge is 2.38. The fraction of sp³-hybridized carbons (Fsp3) is 0.286. The molecule has 5 rings (SSSR count). The zero-order valence-corrected chi connectivity index (χ0v) is 20.1. The smallest absolute Gasteiger partial charge is 0.240 e. The van der Waals surface area contributed by atoms with Gasteiger partial charge in [0.2, 0.25) is 10.0 Å². The molecule has 0 amide bonds. The summed E-state index contributed by atoms with van der Waals surface area (Å²) in [5, 5.41) is 3.68. The van der Waals surface area contributed by atoms with Gasteiger partial charge in [0.15, 0.2) is 0 Å². The average molecular weight is 475 g/mol. The van der Waals surface area contributed by atoms with Gasteiger partial charge in [-0.05, 0) is 72.7 Å². The highest BCUT2D eigenvalue weighted by molar-refractivity contribution is 7.89. The Hall–Kier alpha value is -3.09. The van der Waals surface area contributed by atoms with Gasteiger partial charge in [-0.15, -0.1) is 0 Å². The van der Waals surface area contributed by atoms with Crippen molar-refractivity contribution < 1.29 is 13.2 Å². The van der Waals surface area contributed by atoms with E-state index in [1.165, 1.54) is 5.56 Å². The number of nitrogens with one attached hydrogen (secondary N) is 2. The molecule has 0 spiro atoms. The van der Waals surface area contributed by atoms with Crippen LogP contribution in [0.2, 0.25) is 0 Å². The molecule has 0 saturated carbocycles. The van der Waals surface area contributed by atoms with Gasteiger partial charge in [-0.2, -0.15) is 0 Å². The van der Waals surface area contributed by atoms with E-state index in [1.807, 2.05) is 61.5 Å². The molecule has 0 saturated heterocycles. The second-order valence-electron chi connectivity index (χ2n) is 8.86. The number of ether oxygens (including phenoxy) is 1. The zero-order valence-electron chi connectivity index (χ0n) is 19.3. The molecule has 5 nitrogen and oxygen atoms in total. The van der Waals surface area contributed by atoms with Gasteiger partial charge in [-0.25, -0.2) is 13.1 Å². The van der Waals surface area contributed by atoms with Crippen LogP contribution in [0.3, 0.4) is 0 Å². The molecule has 3 atom stereocenters. The van der Waals surface area contributed by atoms with E-state index < -0.39 is 10.0 Å². The van der Waals surface area contributed by atoms with Gasteiger partial charge >= 0.3 is 0 Å². The van der Waals surface area contributed by atoms with E-state index in [0.717, 1.165) is 29.0 Å². The highest BCUT2D eigenvalue weighted by atomic mass is 32.2. The second kappa shape index (κ2) is 9.65. The molecule has 1 aliphatic heterocycles. The van der Waals surface area contributed by atoms with Crippen molar-refractivity contribution in [3.05, 3.63) is 102 Å². The minimum atomic E-state index is -3.58. The number of fused-ring (bicyclic) bond motifs is 3. The van der Waals surface area contributed by atoms with E-state index in [4.69, 9.17) is 4.74 Å². The first-order chi connectivity index (χ1) is 16.5. The molecule has 2 N–H and O–H groups in total. The van der Waals surface area contributed by atoms with Crippen LogP contribution in [0.1, 0.15) is 42.0 Å². The fourth-order valence-electron chi connectivity index (χ4n) is 5.07. The lowest BCUT2D eigenvalue weighted by atomic mass is 9.77. The molecule has 0 radical (unpaired) electrons. The maximum absolute atomic E-state index is 13.0. The Morgan fingerprint density at radius 1 is 1.03 bits per heavy atom. The van der Waals surface area contributed by atoms with Gasteiger partial charge in [-0.3, -0.25) is 0 Å². The Kier molecular flexibility index (Phi) is 6.44. The largest absolute Gasteiger partial charge is 0.494 e. The molecule has 176 valence electrons. The number of benzene rings is 3. The van der Waals surface area contributed by atoms with Gasteiger partial charge in [-0.1, -0.05) is 54.6 Å². The number of allylic oxidation sites excluding steroid dienone is 2. The summed E-state index contributed by atoms with van der Waals surface area (Å²) in [7, 11) is -3.58. The molecule has 34 heavy (non-hydrogen) atoms. The monoisotopic (exact) mass is 474 g/mol. The maximum atomic E-state index is 13.0. The quantitative estimate of drug-likeness (QED) is 0.427. The Bertz CT molecular complexity index is 1270. The SMILES string of the molecule is CCOc1ccc(C2Nc3ccc(S(=O)(=O)NCCc4ccccc4)cc3C3C=CCC32)cc1. The summed E-state index contributed by atoms with van der Waals surface area (Å²) in [4.78, 5) is 0.319. The summed E-state index contributed by atoms with van der Waals surface area (Å²) >= 11 is 0. The highest BCUT2D eigenvalue weighted by Crippen LogP contribution is 2.50. The fourth-order valence-corrected chi connectivity index (χ4v) is 6.13. The minimum absolute atomic E-state index is 0.162. The van der Waals surface area contributed by atoms with Crippen molar-refractivity contribution in [2.45, 2.75) is 36.6 Å². The van der Waals surface area contributed by atoms with Crippen LogP contribution in [0.15, 0.2) is 89.8 Å². The standard InChI is InChI=1S/C28H30N2O3S/c1-2-33-22-13-11-21(12-14-22)28-25-10-6-9-24(25)26-19-23(15-16-27(26)30-28)34(31,32)29-18-17-20-7-4-3-5-8-20/h3-9,11-16,19,24-25,28-30H,2,10,17-18H2,1H3. The summed E-state index contributed by atoms with van der Waals surface area (Å²) in [5.74, 6) is 1.40. The van der Waals surface area contributed by atoms with Crippen LogP contribution in [0.5, 0.6) is 5.75 Å². The van der Waals surface area contributed by atoms with Crippen LogP contribution in [0, 0.1) is 5.92 Å². The molecule has 1 heterocycles. The molecule has 3 aromatic carbocycles. The van der Waals surface area contributed by atoms with Crippen molar-refractivity contribution in [3.8, 4) is 5.75 Å². The lowest BCUT2D eigenvalue weighted by molar-refractivity contribution is 0.340. The lowest BCUT2D eigenvalue weighted by Crippen LogP contribution is -2.30. The third kappa shape index (κ3) is 4.61. The van der Waals surface area contributed by atoms with E-state index in [1.54, 1.807) is 6.07 Å². The molecule has 0 aromatic heterocycles. The van der Waals surface area contributed by atoms with Gasteiger partial charge < -0.3 is 10.1 Å². The van der Waals surface area contributed by atoms with E-state index >= 15 is 0 Å². The summed E-state index contributed by atoms with van der Waals surface area (Å²) in [6.07, 6.45) is 6.06. The minimum Gasteiger partial charge on any atom is -0.494 e. The van der Waals surface area contributed by atoms with Crippen molar-refractivity contribution in [1.29, 1.82) is 0 Å². The van der Waals surface area contributed by atoms with Crippen molar-refractivity contribution in [3.63, 3.8) is 0 Å². The first-order valence-corrected chi connectivity index (χ1v) is 13.4. The first-order valence-electron chi connectivity index (χ1n) is 11.9. The van der Waals surface area contributed by atoms with Crippen LogP contribution in [-0.2, 0) is 16.4 Å². The molecular formula is C28H30N2O3S. The number of sulfonamides is 1. The molecular weight excluding hydrogens is 444 g/mol. The number of hydrogen-bond donors (Lipinski definition) is 2. The molecule has 2 aliphatic rings. The molecule has 3 aromatic rings. The van der Waals surface area contributed by atoms with Crippen molar-refractivity contribution in [1.82, 2.24) is 4.72 Å². The van der Waals surface area contributed by atoms with Crippen LogP contribution >= 0.6 is 0 Å². The van der Waals surface area contributed by atoms with E-state index in [9.17, 15) is 8.42 Å². The van der Waals surface area contributed by atoms with Crippen LogP contribution < -0.4 is 14.8 Å².